The topological polar surface area (TPSA) is 41.1 Å². The molecule has 8 heteroatoms. The standard InChI is InChI=1S/C12H11Cl2F3N2O/c13-7-3-8(14)5-9(4-7)19-10(20)11(12(15,16)17)1-2-18-6-11/h3-5,18H,1-2,6H2,(H,19,20). The fraction of sp³-hybridized carbons (Fsp3) is 0.417. The van der Waals surface area contributed by atoms with Gasteiger partial charge in [-0.05, 0) is 31.2 Å². The minimum Gasteiger partial charge on any atom is -0.325 e. The van der Waals surface area contributed by atoms with Crippen LogP contribution in [-0.4, -0.2) is 25.2 Å². The number of halogens is 5. The third-order valence-corrected chi connectivity index (χ3v) is 3.69. The second-order valence-electron chi connectivity index (χ2n) is 4.62. The van der Waals surface area contributed by atoms with Crippen LogP contribution in [0.4, 0.5) is 18.9 Å². The lowest BCUT2D eigenvalue weighted by atomic mass is 9.85. The van der Waals surface area contributed by atoms with Crippen LogP contribution in [0.1, 0.15) is 6.42 Å². The summed E-state index contributed by atoms with van der Waals surface area (Å²) in [6, 6.07) is 4.12. The minimum atomic E-state index is -4.62. The first kappa shape index (κ1) is 15.4. The van der Waals surface area contributed by atoms with Crippen LogP contribution >= 0.6 is 23.2 Å². The molecule has 1 amide bonds. The van der Waals surface area contributed by atoms with Crippen LogP contribution in [0, 0.1) is 5.41 Å². The van der Waals surface area contributed by atoms with Gasteiger partial charge in [0.25, 0.3) is 0 Å². The molecule has 3 nitrogen and oxygen atoms in total. The van der Waals surface area contributed by atoms with Gasteiger partial charge < -0.3 is 10.6 Å². The molecule has 1 aromatic carbocycles. The van der Waals surface area contributed by atoms with Crippen molar-refractivity contribution in [1.82, 2.24) is 5.32 Å². The largest absolute Gasteiger partial charge is 0.404 e. The number of hydrogen-bond acceptors (Lipinski definition) is 2. The highest BCUT2D eigenvalue weighted by atomic mass is 35.5. The third-order valence-electron chi connectivity index (χ3n) is 3.25. The van der Waals surface area contributed by atoms with Crippen molar-refractivity contribution in [3.8, 4) is 0 Å². The van der Waals surface area contributed by atoms with Crippen molar-refractivity contribution >= 4 is 34.8 Å². The molecule has 1 fully saturated rings. The molecule has 0 aromatic heterocycles. The molecular weight excluding hydrogens is 316 g/mol. The normalized spacial score (nSPS) is 22.9. The first-order valence-electron chi connectivity index (χ1n) is 5.80. The van der Waals surface area contributed by atoms with Gasteiger partial charge >= 0.3 is 6.18 Å². The molecule has 0 radical (unpaired) electrons. The van der Waals surface area contributed by atoms with E-state index in [1.54, 1.807) is 0 Å². The molecular formula is C12H11Cl2F3N2O. The number of nitrogens with one attached hydrogen (secondary N) is 2. The molecule has 0 aliphatic carbocycles. The summed E-state index contributed by atoms with van der Waals surface area (Å²) in [6.45, 7) is -0.292. The Bertz CT molecular complexity index is 508. The van der Waals surface area contributed by atoms with Crippen LogP contribution in [0.25, 0.3) is 0 Å². The van der Waals surface area contributed by atoms with E-state index < -0.39 is 24.0 Å². The van der Waals surface area contributed by atoms with Gasteiger partial charge in [0.15, 0.2) is 5.41 Å². The molecule has 2 N–H and O–H groups in total. The molecule has 2 rings (SSSR count). The molecule has 0 bridgehead atoms. The Hall–Kier alpha value is -0.980. The lowest BCUT2D eigenvalue weighted by Gasteiger charge is -2.29. The Balaban J connectivity index is 2.26. The van der Waals surface area contributed by atoms with Gasteiger partial charge in [-0.15, -0.1) is 0 Å². The fourth-order valence-corrected chi connectivity index (χ4v) is 2.66. The van der Waals surface area contributed by atoms with E-state index >= 15 is 0 Å². The van der Waals surface area contributed by atoms with E-state index in [1.165, 1.54) is 18.2 Å². The first-order chi connectivity index (χ1) is 9.24. The van der Waals surface area contributed by atoms with Crippen molar-refractivity contribution in [2.24, 2.45) is 5.41 Å². The second kappa shape index (κ2) is 5.42. The lowest BCUT2D eigenvalue weighted by molar-refractivity contribution is -0.213. The average molecular weight is 327 g/mol. The number of carbonyl (C=O) groups is 1. The van der Waals surface area contributed by atoms with Crippen LogP contribution in [0.2, 0.25) is 10.0 Å². The number of alkyl halides is 3. The monoisotopic (exact) mass is 326 g/mol. The van der Waals surface area contributed by atoms with Gasteiger partial charge in [-0.3, -0.25) is 4.79 Å². The Kier molecular flexibility index (Phi) is 4.18. The minimum absolute atomic E-state index is 0.142. The maximum Gasteiger partial charge on any atom is 0.404 e. The quantitative estimate of drug-likeness (QED) is 0.873. The van der Waals surface area contributed by atoms with E-state index in [4.69, 9.17) is 23.2 Å². The van der Waals surface area contributed by atoms with Crippen LogP contribution in [0.3, 0.4) is 0 Å². The van der Waals surface area contributed by atoms with E-state index in [0.717, 1.165) is 0 Å². The predicted molar refractivity (Wildman–Crippen MR) is 71.1 cm³/mol. The van der Waals surface area contributed by atoms with Crippen LogP contribution in [0.5, 0.6) is 0 Å². The summed E-state index contributed by atoms with van der Waals surface area (Å²) < 4.78 is 39.5. The highest BCUT2D eigenvalue weighted by molar-refractivity contribution is 6.35. The summed E-state index contributed by atoms with van der Waals surface area (Å²) in [5, 5.41) is 5.29. The Morgan fingerprint density at radius 1 is 1.25 bits per heavy atom. The molecule has 1 unspecified atom stereocenters. The van der Waals surface area contributed by atoms with Gasteiger partial charge in [0.05, 0.1) is 0 Å². The molecule has 1 aliphatic rings. The zero-order valence-corrected chi connectivity index (χ0v) is 11.7. The van der Waals surface area contributed by atoms with Gasteiger partial charge in [0.2, 0.25) is 5.91 Å². The van der Waals surface area contributed by atoms with E-state index in [-0.39, 0.29) is 28.7 Å². The van der Waals surface area contributed by atoms with Gasteiger partial charge in [-0.1, -0.05) is 23.2 Å². The molecule has 110 valence electrons. The van der Waals surface area contributed by atoms with E-state index in [1.807, 2.05) is 0 Å². The molecule has 1 saturated heterocycles. The SMILES string of the molecule is O=C(Nc1cc(Cl)cc(Cl)c1)C1(C(F)(F)F)CCNC1. The molecule has 20 heavy (non-hydrogen) atoms. The number of benzene rings is 1. The summed E-state index contributed by atoms with van der Waals surface area (Å²) in [7, 11) is 0. The zero-order chi connectivity index (χ0) is 15.0. The van der Waals surface area contributed by atoms with E-state index in [2.05, 4.69) is 10.6 Å². The molecule has 0 spiro atoms. The zero-order valence-electron chi connectivity index (χ0n) is 10.2. The second-order valence-corrected chi connectivity index (χ2v) is 5.49. The van der Waals surface area contributed by atoms with E-state index in [0.29, 0.717) is 0 Å². The number of hydrogen-bond donors (Lipinski definition) is 2. The predicted octanol–water partition coefficient (Wildman–Crippen LogP) is 3.47. The number of rotatable bonds is 2. The number of carbonyl (C=O) groups excluding carboxylic acids is 1. The van der Waals surface area contributed by atoms with Crippen molar-refractivity contribution in [1.29, 1.82) is 0 Å². The van der Waals surface area contributed by atoms with Crippen molar-refractivity contribution in [2.45, 2.75) is 12.6 Å². The van der Waals surface area contributed by atoms with E-state index in [9.17, 15) is 18.0 Å². The smallest absolute Gasteiger partial charge is 0.325 e. The average Bonchev–Trinajstić information content (AvgIpc) is 2.76. The number of anilines is 1. The van der Waals surface area contributed by atoms with Crippen molar-refractivity contribution in [3.05, 3.63) is 28.2 Å². The van der Waals surface area contributed by atoms with Crippen molar-refractivity contribution in [2.75, 3.05) is 18.4 Å². The van der Waals surface area contributed by atoms with Crippen molar-refractivity contribution < 1.29 is 18.0 Å². The molecule has 1 aromatic rings. The number of amides is 1. The summed E-state index contributed by atoms with van der Waals surface area (Å²) in [6.07, 6.45) is -4.92. The maximum atomic E-state index is 13.2. The molecule has 1 atom stereocenters. The van der Waals surface area contributed by atoms with Crippen LogP contribution in [-0.2, 0) is 4.79 Å². The summed E-state index contributed by atoms with van der Waals surface area (Å²) >= 11 is 11.5. The van der Waals surface area contributed by atoms with Gasteiger partial charge in [-0.25, -0.2) is 0 Å². The van der Waals surface area contributed by atoms with Gasteiger partial charge in [0, 0.05) is 22.3 Å². The lowest BCUT2D eigenvalue weighted by Crippen LogP contribution is -2.49. The maximum absolute atomic E-state index is 13.2. The molecule has 1 aliphatic heterocycles. The Labute approximate surface area is 123 Å². The highest BCUT2D eigenvalue weighted by Crippen LogP contribution is 2.43. The molecule has 0 saturated carbocycles. The summed E-state index contributed by atoms with van der Waals surface area (Å²) in [5.41, 5.74) is -2.27. The Morgan fingerprint density at radius 2 is 1.85 bits per heavy atom. The Morgan fingerprint density at radius 3 is 2.30 bits per heavy atom. The van der Waals surface area contributed by atoms with Crippen LogP contribution in [0.15, 0.2) is 18.2 Å². The summed E-state index contributed by atoms with van der Waals surface area (Å²) in [5.74, 6) is -1.10. The first-order valence-corrected chi connectivity index (χ1v) is 6.55. The highest BCUT2D eigenvalue weighted by Gasteiger charge is 2.61. The van der Waals surface area contributed by atoms with Crippen molar-refractivity contribution in [3.63, 3.8) is 0 Å². The summed E-state index contributed by atoms with van der Waals surface area (Å²) in [4.78, 5) is 12.0. The van der Waals surface area contributed by atoms with Gasteiger partial charge in [-0.2, -0.15) is 13.2 Å². The van der Waals surface area contributed by atoms with Crippen LogP contribution < -0.4 is 10.6 Å². The fourth-order valence-electron chi connectivity index (χ4n) is 2.13. The third kappa shape index (κ3) is 2.87. The molecule has 1 heterocycles. The van der Waals surface area contributed by atoms with Gasteiger partial charge in [0.1, 0.15) is 0 Å².